The number of para-hydroxylation sites is 1. The molecule has 1 fully saturated rings. The van der Waals surface area contributed by atoms with Crippen molar-refractivity contribution in [1.82, 2.24) is 25.1 Å². The van der Waals surface area contributed by atoms with Gasteiger partial charge in [-0.25, -0.2) is 9.07 Å². The van der Waals surface area contributed by atoms with Gasteiger partial charge in [0.15, 0.2) is 17.3 Å². The molecule has 0 bridgehead atoms. The number of anilines is 1. The quantitative estimate of drug-likeness (QED) is 0.374. The predicted octanol–water partition coefficient (Wildman–Crippen LogP) is 3.79. The number of tetrazole rings is 1. The largest absolute Gasteiger partial charge is 0.493 e. The van der Waals surface area contributed by atoms with Crippen molar-refractivity contribution in [1.29, 1.82) is 0 Å². The van der Waals surface area contributed by atoms with Crippen LogP contribution in [0.5, 0.6) is 11.5 Å². The van der Waals surface area contributed by atoms with Crippen LogP contribution in [0.4, 0.5) is 10.1 Å². The highest BCUT2D eigenvalue weighted by Crippen LogP contribution is 2.35. The smallest absolute Gasteiger partial charge is 0.173 e. The molecule has 0 N–H and O–H groups in total. The number of benzene rings is 3. The van der Waals surface area contributed by atoms with Gasteiger partial charge < -0.3 is 14.4 Å². The Balaban J connectivity index is 1.47. The van der Waals surface area contributed by atoms with E-state index in [9.17, 15) is 4.39 Å². The fourth-order valence-electron chi connectivity index (χ4n) is 4.71. The number of ether oxygens (including phenoxy) is 2. The van der Waals surface area contributed by atoms with Gasteiger partial charge in [0.1, 0.15) is 5.82 Å². The zero-order valence-corrected chi connectivity index (χ0v) is 20.4. The van der Waals surface area contributed by atoms with E-state index in [1.165, 1.54) is 17.8 Å². The molecule has 3 aromatic carbocycles. The number of methoxy groups -OCH3 is 2. The molecular formula is C27H29FN6O2. The summed E-state index contributed by atoms with van der Waals surface area (Å²) < 4.78 is 26.3. The van der Waals surface area contributed by atoms with Crippen LogP contribution in [0.3, 0.4) is 0 Å². The second-order valence-corrected chi connectivity index (χ2v) is 8.70. The van der Waals surface area contributed by atoms with E-state index < -0.39 is 0 Å². The molecule has 186 valence electrons. The number of hydrogen-bond donors (Lipinski definition) is 0. The van der Waals surface area contributed by atoms with Crippen molar-refractivity contribution in [2.75, 3.05) is 45.3 Å². The van der Waals surface area contributed by atoms with Crippen molar-refractivity contribution in [3.63, 3.8) is 0 Å². The molecule has 5 rings (SSSR count). The molecule has 8 nitrogen and oxygen atoms in total. The third-order valence-corrected chi connectivity index (χ3v) is 6.57. The predicted molar refractivity (Wildman–Crippen MR) is 135 cm³/mol. The summed E-state index contributed by atoms with van der Waals surface area (Å²) in [6.07, 6.45) is 0. The topological polar surface area (TPSA) is 68.5 Å². The monoisotopic (exact) mass is 488 g/mol. The molecule has 1 saturated heterocycles. The zero-order valence-electron chi connectivity index (χ0n) is 20.4. The molecule has 1 unspecified atom stereocenters. The molecule has 0 aliphatic carbocycles. The lowest BCUT2D eigenvalue weighted by Gasteiger charge is -2.40. The van der Waals surface area contributed by atoms with Crippen molar-refractivity contribution >= 4 is 5.69 Å². The second-order valence-electron chi connectivity index (χ2n) is 8.70. The van der Waals surface area contributed by atoms with Crippen molar-refractivity contribution < 1.29 is 13.9 Å². The Morgan fingerprint density at radius 1 is 0.861 bits per heavy atom. The number of halogens is 1. The lowest BCUT2D eigenvalue weighted by molar-refractivity contribution is 0.201. The van der Waals surface area contributed by atoms with Crippen molar-refractivity contribution in [2.45, 2.75) is 12.6 Å². The van der Waals surface area contributed by atoms with Crippen LogP contribution in [0, 0.1) is 5.82 Å². The Morgan fingerprint density at radius 3 is 2.28 bits per heavy atom. The minimum Gasteiger partial charge on any atom is -0.493 e. The minimum absolute atomic E-state index is 0.196. The first-order valence-electron chi connectivity index (χ1n) is 11.9. The molecule has 1 aromatic heterocycles. The third kappa shape index (κ3) is 5.01. The average molecular weight is 489 g/mol. The highest BCUT2D eigenvalue weighted by molar-refractivity contribution is 5.47. The molecule has 9 heteroatoms. The number of hydrogen-bond acceptors (Lipinski definition) is 7. The lowest BCUT2D eigenvalue weighted by Crippen LogP contribution is -2.48. The van der Waals surface area contributed by atoms with E-state index >= 15 is 0 Å². The molecule has 0 radical (unpaired) electrons. The molecular weight excluding hydrogens is 459 g/mol. The molecule has 1 aliphatic rings. The first-order valence-corrected chi connectivity index (χ1v) is 11.9. The first kappa shape index (κ1) is 23.7. The van der Waals surface area contributed by atoms with Crippen LogP contribution in [0.25, 0.3) is 0 Å². The van der Waals surface area contributed by atoms with Gasteiger partial charge in [-0.15, -0.1) is 5.10 Å². The van der Waals surface area contributed by atoms with Gasteiger partial charge in [-0.2, -0.15) is 0 Å². The van der Waals surface area contributed by atoms with E-state index in [0.29, 0.717) is 18.0 Å². The van der Waals surface area contributed by atoms with Gasteiger partial charge in [-0.05, 0) is 58.0 Å². The van der Waals surface area contributed by atoms with Crippen LogP contribution in [0.15, 0.2) is 72.8 Å². The van der Waals surface area contributed by atoms with Crippen molar-refractivity contribution in [3.05, 3.63) is 95.6 Å². The molecule has 0 amide bonds. The van der Waals surface area contributed by atoms with Gasteiger partial charge in [-0.3, -0.25) is 4.90 Å². The normalized spacial score (nSPS) is 15.0. The maximum absolute atomic E-state index is 13.4. The molecule has 36 heavy (non-hydrogen) atoms. The van der Waals surface area contributed by atoms with Crippen LogP contribution >= 0.6 is 0 Å². The minimum atomic E-state index is -0.268. The molecule has 2 heterocycles. The molecule has 4 aromatic rings. The van der Waals surface area contributed by atoms with Crippen LogP contribution in [0.1, 0.15) is 23.0 Å². The van der Waals surface area contributed by atoms with E-state index in [4.69, 9.17) is 9.47 Å². The summed E-state index contributed by atoms with van der Waals surface area (Å²) in [5.74, 6) is 1.77. The Hall–Kier alpha value is -3.98. The maximum Gasteiger partial charge on any atom is 0.173 e. The summed E-state index contributed by atoms with van der Waals surface area (Å²) in [7, 11) is 3.26. The summed E-state index contributed by atoms with van der Waals surface area (Å²) in [6.45, 7) is 3.87. The number of aromatic nitrogens is 4. The summed E-state index contributed by atoms with van der Waals surface area (Å²) in [5, 5.41) is 12.8. The van der Waals surface area contributed by atoms with E-state index in [1.54, 1.807) is 31.0 Å². The molecule has 1 aliphatic heterocycles. The third-order valence-electron chi connectivity index (χ3n) is 6.57. The molecule has 1 atom stereocenters. The maximum atomic E-state index is 13.4. The lowest BCUT2D eigenvalue weighted by atomic mass is 10.0. The van der Waals surface area contributed by atoms with Crippen LogP contribution in [-0.4, -0.2) is 65.5 Å². The second kappa shape index (κ2) is 10.7. The summed E-state index contributed by atoms with van der Waals surface area (Å²) in [5.41, 5.74) is 3.15. The number of nitrogens with zero attached hydrogens (tertiary/aromatic N) is 6. The Bertz CT molecular complexity index is 1270. The molecule has 0 saturated carbocycles. The van der Waals surface area contributed by atoms with Crippen LogP contribution in [0.2, 0.25) is 0 Å². The number of piperazine rings is 1. The Kier molecular flexibility index (Phi) is 7.08. The van der Waals surface area contributed by atoms with Gasteiger partial charge in [0, 0.05) is 31.9 Å². The van der Waals surface area contributed by atoms with Crippen molar-refractivity contribution in [2.24, 2.45) is 0 Å². The average Bonchev–Trinajstić information content (AvgIpc) is 3.38. The summed E-state index contributed by atoms with van der Waals surface area (Å²) >= 11 is 0. The number of rotatable bonds is 8. The van der Waals surface area contributed by atoms with E-state index in [2.05, 4.69) is 49.6 Å². The van der Waals surface area contributed by atoms with Crippen LogP contribution in [-0.2, 0) is 6.54 Å². The van der Waals surface area contributed by atoms with Crippen molar-refractivity contribution in [3.8, 4) is 11.5 Å². The van der Waals surface area contributed by atoms with Gasteiger partial charge >= 0.3 is 0 Å². The molecule has 0 spiro atoms. The SMILES string of the molecule is COc1ccc(C(c2nnnn2Cc2ccc(F)cc2)N2CCN(c3ccccc3)CC2)cc1OC. The Labute approximate surface area is 209 Å². The Morgan fingerprint density at radius 2 is 1.58 bits per heavy atom. The zero-order chi connectivity index (χ0) is 24.9. The fourth-order valence-corrected chi connectivity index (χ4v) is 4.71. The van der Waals surface area contributed by atoms with Gasteiger partial charge in [0.25, 0.3) is 0 Å². The fraction of sp³-hybridized carbons (Fsp3) is 0.296. The standard InChI is InChI=1S/C27H29FN6O2/c1-35-24-13-10-21(18-25(24)36-2)26(33-16-14-32(15-17-33)23-6-4-3-5-7-23)27-29-30-31-34(27)19-20-8-11-22(28)12-9-20/h3-13,18,26H,14-17,19H2,1-2H3. The summed E-state index contributed by atoms with van der Waals surface area (Å²) in [4.78, 5) is 4.79. The first-order chi connectivity index (χ1) is 17.7. The van der Waals surface area contributed by atoms with E-state index in [1.807, 2.05) is 24.3 Å². The highest BCUT2D eigenvalue weighted by atomic mass is 19.1. The van der Waals surface area contributed by atoms with Gasteiger partial charge in [-0.1, -0.05) is 36.4 Å². The van der Waals surface area contributed by atoms with E-state index in [-0.39, 0.29) is 11.9 Å². The van der Waals surface area contributed by atoms with Gasteiger partial charge in [0.2, 0.25) is 0 Å². The summed E-state index contributed by atoms with van der Waals surface area (Å²) in [6, 6.07) is 22.6. The van der Waals surface area contributed by atoms with E-state index in [0.717, 1.165) is 43.1 Å². The highest BCUT2D eigenvalue weighted by Gasteiger charge is 2.31. The van der Waals surface area contributed by atoms with Crippen LogP contribution < -0.4 is 14.4 Å². The van der Waals surface area contributed by atoms with Gasteiger partial charge in [0.05, 0.1) is 26.8 Å².